The standard InChI is InChI=1S/C9H8ClN3O4S2/c1-4-2-7(18-8(4)10)19(16,17)13-6-3-5(9(14)15)11-12-6/h2-3H,1H3,(H,14,15)(H2,11,12,13). The van der Waals surface area contributed by atoms with Gasteiger partial charge in [0, 0.05) is 6.07 Å². The van der Waals surface area contributed by atoms with Crippen LogP contribution in [0, 0.1) is 6.92 Å². The maximum Gasteiger partial charge on any atom is 0.353 e. The Kier molecular flexibility index (Phi) is 3.52. The number of thiophene rings is 1. The quantitative estimate of drug-likeness (QED) is 0.796. The van der Waals surface area contributed by atoms with Gasteiger partial charge in [0.25, 0.3) is 10.0 Å². The lowest BCUT2D eigenvalue weighted by Gasteiger charge is -2.01. The minimum absolute atomic E-state index is 0.0369. The topological polar surface area (TPSA) is 112 Å². The number of aryl methyl sites for hydroxylation is 1. The van der Waals surface area contributed by atoms with Crippen molar-refractivity contribution in [2.45, 2.75) is 11.1 Å². The molecule has 0 radical (unpaired) electrons. The van der Waals surface area contributed by atoms with E-state index in [1.165, 1.54) is 6.07 Å². The summed E-state index contributed by atoms with van der Waals surface area (Å²) in [5, 5.41) is 14.4. The van der Waals surface area contributed by atoms with Gasteiger partial charge in [-0.15, -0.1) is 11.3 Å². The third-order valence-corrected chi connectivity index (χ3v) is 5.53. The molecule has 19 heavy (non-hydrogen) atoms. The van der Waals surface area contributed by atoms with Crippen LogP contribution in [0.15, 0.2) is 16.3 Å². The molecule has 7 nitrogen and oxygen atoms in total. The highest BCUT2D eigenvalue weighted by atomic mass is 35.5. The smallest absolute Gasteiger partial charge is 0.353 e. The molecule has 0 saturated carbocycles. The number of hydrogen-bond donors (Lipinski definition) is 3. The third-order valence-electron chi connectivity index (χ3n) is 2.15. The van der Waals surface area contributed by atoms with Crippen LogP contribution < -0.4 is 4.72 Å². The molecule has 0 aliphatic carbocycles. The fourth-order valence-electron chi connectivity index (χ4n) is 1.24. The summed E-state index contributed by atoms with van der Waals surface area (Å²) in [6, 6.07) is 2.52. The maximum atomic E-state index is 12.0. The van der Waals surface area contributed by atoms with Crippen molar-refractivity contribution in [2.75, 3.05) is 4.72 Å². The molecule has 3 N–H and O–H groups in total. The summed E-state index contributed by atoms with van der Waals surface area (Å²) in [5.41, 5.74) is 0.443. The van der Waals surface area contributed by atoms with Gasteiger partial charge in [0.15, 0.2) is 5.82 Å². The molecule has 2 heterocycles. The minimum Gasteiger partial charge on any atom is -0.477 e. The number of aromatic nitrogens is 2. The van der Waals surface area contributed by atoms with Crippen LogP contribution in [0.5, 0.6) is 0 Å². The zero-order valence-corrected chi connectivity index (χ0v) is 11.9. The predicted octanol–water partition coefficient (Wildman–Crippen LogP) is 1.93. The summed E-state index contributed by atoms with van der Waals surface area (Å²) >= 11 is 6.73. The van der Waals surface area contributed by atoms with Crippen LogP contribution in [0.25, 0.3) is 0 Å². The van der Waals surface area contributed by atoms with E-state index in [1.54, 1.807) is 6.92 Å². The normalized spacial score (nSPS) is 11.5. The van der Waals surface area contributed by atoms with Crippen LogP contribution in [0.4, 0.5) is 5.82 Å². The first-order chi connectivity index (χ1) is 8.79. The number of nitrogens with zero attached hydrogens (tertiary/aromatic N) is 1. The van der Waals surface area contributed by atoms with E-state index >= 15 is 0 Å². The van der Waals surface area contributed by atoms with Crippen LogP contribution in [-0.2, 0) is 10.0 Å². The number of carboxylic acid groups (broad SMARTS) is 1. The number of carboxylic acids is 1. The van der Waals surface area contributed by atoms with Crippen molar-refractivity contribution >= 4 is 44.7 Å². The van der Waals surface area contributed by atoms with Crippen molar-refractivity contribution in [3.05, 3.63) is 27.7 Å². The van der Waals surface area contributed by atoms with Crippen LogP contribution in [0.3, 0.4) is 0 Å². The molecule has 0 atom stereocenters. The molecule has 0 spiro atoms. The summed E-state index contributed by atoms with van der Waals surface area (Å²) in [7, 11) is -3.82. The molecule has 2 aromatic heterocycles. The number of carbonyl (C=O) groups is 1. The Morgan fingerprint density at radius 1 is 1.53 bits per heavy atom. The average molecular weight is 322 g/mol. The lowest BCUT2D eigenvalue weighted by molar-refractivity contribution is 0.0690. The van der Waals surface area contributed by atoms with Gasteiger partial charge >= 0.3 is 5.97 Å². The molecule has 0 fully saturated rings. The first kappa shape index (κ1) is 13.8. The van der Waals surface area contributed by atoms with Gasteiger partial charge in [-0.3, -0.25) is 9.82 Å². The van der Waals surface area contributed by atoms with Gasteiger partial charge in [0.1, 0.15) is 9.90 Å². The van der Waals surface area contributed by atoms with Gasteiger partial charge in [0.2, 0.25) is 0 Å². The number of sulfonamides is 1. The molecule has 2 aromatic rings. The zero-order valence-electron chi connectivity index (χ0n) is 9.47. The zero-order chi connectivity index (χ0) is 14.2. The number of nitrogens with one attached hydrogen (secondary N) is 2. The second kappa shape index (κ2) is 4.83. The monoisotopic (exact) mass is 321 g/mol. The third kappa shape index (κ3) is 2.88. The van der Waals surface area contributed by atoms with Gasteiger partial charge in [-0.2, -0.15) is 5.10 Å². The Labute approximate surface area is 117 Å². The molecule has 2 rings (SSSR count). The molecular weight excluding hydrogens is 314 g/mol. The van der Waals surface area contributed by atoms with Crippen molar-refractivity contribution in [2.24, 2.45) is 0 Å². The Morgan fingerprint density at radius 3 is 2.68 bits per heavy atom. The van der Waals surface area contributed by atoms with Gasteiger partial charge < -0.3 is 5.11 Å². The minimum atomic E-state index is -3.82. The number of rotatable bonds is 4. The van der Waals surface area contributed by atoms with E-state index in [2.05, 4.69) is 14.9 Å². The first-order valence-electron chi connectivity index (χ1n) is 4.87. The number of halogens is 1. The molecule has 0 unspecified atom stereocenters. The van der Waals surface area contributed by atoms with Crippen LogP contribution in [0.1, 0.15) is 16.1 Å². The van der Waals surface area contributed by atoms with E-state index in [9.17, 15) is 13.2 Å². The van der Waals surface area contributed by atoms with Crippen molar-refractivity contribution in [3.63, 3.8) is 0 Å². The Morgan fingerprint density at radius 2 is 2.21 bits per heavy atom. The summed E-state index contributed by atoms with van der Waals surface area (Å²) in [6.07, 6.45) is 0. The molecule has 0 amide bonds. The Bertz CT molecular complexity index is 715. The molecule has 0 aliphatic rings. The number of aromatic amines is 1. The van der Waals surface area contributed by atoms with E-state index in [1.807, 2.05) is 0 Å². The Balaban J connectivity index is 2.28. The molecular formula is C9H8ClN3O4S2. The number of aromatic carboxylic acids is 1. The summed E-state index contributed by atoms with van der Waals surface area (Å²) in [6.45, 7) is 1.69. The maximum absolute atomic E-state index is 12.0. The molecule has 10 heteroatoms. The first-order valence-corrected chi connectivity index (χ1v) is 7.55. The van der Waals surface area contributed by atoms with Crippen molar-refractivity contribution in [1.29, 1.82) is 0 Å². The highest BCUT2D eigenvalue weighted by molar-refractivity contribution is 7.94. The fraction of sp³-hybridized carbons (Fsp3) is 0.111. The lowest BCUT2D eigenvalue weighted by Crippen LogP contribution is -2.11. The van der Waals surface area contributed by atoms with Gasteiger partial charge in [-0.05, 0) is 18.6 Å². The predicted molar refractivity (Wildman–Crippen MR) is 70.4 cm³/mol. The van der Waals surface area contributed by atoms with E-state index < -0.39 is 16.0 Å². The Hall–Kier alpha value is -1.58. The van der Waals surface area contributed by atoms with Crippen molar-refractivity contribution in [1.82, 2.24) is 10.2 Å². The molecule has 0 saturated heterocycles. The van der Waals surface area contributed by atoms with Crippen molar-refractivity contribution < 1.29 is 18.3 Å². The largest absolute Gasteiger partial charge is 0.477 e. The van der Waals surface area contributed by atoms with E-state index in [4.69, 9.17) is 16.7 Å². The fourth-order valence-corrected chi connectivity index (χ4v) is 3.94. The van der Waals surface area contributed by atoms with Crippen molar-refractivity contribution in [3.8, 4) is 0 Å². The summed E-state index contributed by atoms with van der Waals surface area (Å²) in [5.74, 6) is -1.33. The molecule has 0 aromatic carbocycles. The molecule has 102 valence electrons. The van der Waals surface area contributed by atoms with Gasteiger partial charge in [-0.1, -0.05) is 11.6 Å². The molecule has 0 aliphatic heterocycles. The van der Waals surface area contributed by atoms with Crippen LogP contribution in [-0.4, -0.2) is 29.7 Å². The highest BCUT2D eigenvalue weighted by Gasteiger charge is 2.20. The van der Waals surface area contributed by atoms with Gasteiger partial charge in [0.05, 0.1) is 4.34 Å². The highest BCUT2D eigenvalue weighted by Crippen LogP contribution is 2.30. The average Bonchev–Trinajstić information content (AvgIpc) is 2.87. The van der Waals surface area contributed by atoms with Gasteiger partial charge in [-0.25, -0.2) is 13.2 Å². The molecule has 0 bridgehead atoms. The lowest BCUT2D eigenvalue weighted by atomic mass is 10.4. The van der Waals surface area contributed by atoms with Crippen LogP contribution in [0.2, 0.25) is 4.34 Å². The number of hydrogen-bond acceptors (Lipinski definition) is 5. The second-order valence-corrected chi connectivity index (χ2v) is 7.16. The second-order valence-electron chi connectivity index (χ2n) is 3.60. The van der Waals surface area contributed by atoms with Crippen LogP contribution >= 0.6 is 22.9 Å². The van der Waals surface area contributed by atoms with E-state index in [-0.39, 0.29) is 15.7 Å². The summed E-state index contributed by atoms with van der Waals surface area (Å²) < 4.78 is 26.6. The number of H-pyrrole nitrogens is 1. The summed E-state index contributed by atoms with van der Waals surface area (Å²) in [4.78, 5) is 10.6. The van der Waals surface area contributed by atoms with E-state index in [0.717, 1.165) is 17.4 Å². The van der Waals surface area contributed by atoms with E-state index in [0.29, 0.717) is 9.90 Å². The SMILES string of the molecule is Cc1cc(S(=O)(=O)Nc2cc(C(=O)O)[nH]n2)sc1Cl. The number of anilines is 1.